The predicted octanol–water partition coefficient (Wildman–Crippen LogP) is 20.8. The standard InChI is InChI=1S/C68H64N2O2/c1-39(2)50-37-52-60(70(56-30-16-14-22-42(56)6)59-32-20-26-48-46-24-18-28-54(68(10,11)12)64(46)72-66(48)59)38-51(40(3)4)43-33-34-49-57(36-35-44(50)61(49)62(43)52)69(55-29-15-13-21-41(55)5)58-31-19-25-47-45-23-17-27-53(67(7,8)9)63(45)71-65(47)58/h13-40H,1-12H3. The van der Waals surface area contributed by atoms with Crippen molar-refractivity contribution < 1.29 is 8.83 Å². The Morgan fingerprint density at radius 3 is 1.19 bits per heavy atom. The van der Waals surface area contributed by atoms with Crippen LogP contribution in [0.25, 0.3) is 76.2 Å². The molecule has 10 aromatic carbocycles. The molecule has 0 unspecified atom stereocenters. The van der Waals surface area contributed by atoms with Gasteiger partial charge in [0.05, 0.1) is 22.7 Å². The molecule has 12 rings (SSSR count). The Bertz CT molecular complexity index is 4110. The molecule has 0 aliphatic heterocycles. The van der Waals surface area contributed by atoms with Crippen molar-refractivity contribution >= 4 is 110 Å². The quantitative estimate of drug-likeness (QED) is 0.142. The first-order chi connectivity index (χ1) is 34.5. The molecule has 0 amide bonds. The number of aryl methyl sites for hydroxylation is 2. The van der Waals surface area contributed by atoms with Gasteiger partial charge in [-0.25, -0.2) is 0 Å². The molecule has 0 aliphatic rings. The number of fused-ring (bicyclic) bond motifs is 6. The lowest BCUT2D eigenvalue weighted by molar-refractivity contribution is 0.572. The van der Waals surface area contributed by atoms with Crippen LogP contribution in [0.4, 0.5) is 34.1 Å². The Morgan fingerprint density at radius 1 is 0.333 bits per heavy atom. The fraction of sp³-hybridized carbons (Fsp3) is 0.235. The van der Waals surface area contributed by atoms with E-state index in [0.29, 0.717) is 0 Å². The lowest BCUT2D eigenvalue weighted by Crippen LogP contribution is -2.14. The minimum absolute atomic E-state index is 0.0969. The average molecular weight is 941 g/mol. The van der Waals surface area contributed by atoms with Gasteiger partial charge in [-0.15, -0.1) is 0 Å². The van der Waals surface area contributed by atoms with Gasteiger partial charge in [0.25, 0.3) is 0 Å². The van der Waals surface area contributed by atoms with E-state index in [1.807, 2.05) is 0 Å². The number of furan rings is 2. The van der Waals surface area contributed by atoms with Crippen molar-refractivity contribution in [1.29, 1.82) is 0 Å². The molecular formula is C68H64N2O2. The van der Waals surface area contributed by atoms with Gasteiger partial charge in [0, 0.05) is 54.8 Å². The van der Waals surface area contributed by atoms with Crippen LogP contribution in [0.15, 0.2) is 167 Å². The van der Waals surface area contributed by atoms with E-state index in [4.69, 9.17) is 8.83 Å². The SMILES string of the molecule is Cc1ccccc1N(c1ccc2c(C(C)C)cc3c(N(c4ccccc4C)c4cccc5c4oc4c(C(C)(C)C)cccc45)cc(C(C)C)c4ccc1c2c43)c1cccc2c1oc1c(C(C)(C)C)cccc12. The molecule has 2 heterocycles. The van der Waals surface area contributed by atoms with Crippen LogP contribution in [0.3, 0.4) is 0 Å². The van der Waals surface area contributed by atoms with E-state index in [1.165, 1.54) is 65.7 Å². The first-order valence-corrected chi connectivity index (χ1v) is 25.9. The third-order valence-corrected chi connectivity index (χ3v) is 15.5. The summed E-state index contributed by atoms with van der Waals surface area (Å²) in [7, 11) is 0. The minimum atomic E-state index is -0.100. The Labute approximate surface area is 423 Å². The maximum Gasteiger partial charge on any atom is 0.159 e. The first-order valence-electron chi connectivity index (χ1n) is 25.9. The molecule has 0 saturated heterocycles. The van der Waals surface area contributed by atoms with Crippen LogP contribution in [0.2, 0.25) is 0 Å². The van der Waals surface area contributed by atoms with Crippen LogP contribution in [-0.2, 0) is 10.8 Å². The van der Waals surface area contributed by atoms with Gasteiger partial charge < -0.3 is 18.6 Å². The third-order valence-electron chi connectivity index (χ3n) is 15.5. The van der Waals surface area contributed by atoms with Crippen molar-refractivity contribution in [3.63, 3.8) is 0 Å². The molecule has 0 N–H and O–H groups in total. The molecule has 4 nitrogen and oxygen atoms in total. The molecule has 0 atom stereocenters. The van der Waals surface area contributed by atoms with Crippen molar-refractivity contribution in [3.8, 4) is 0 Å². The van der Waals surface area contributed by atoms with E-state index in [1.54, 1.807) is 0 Å². The minimum Gasteiger partial charge on any atom is -0.454 e. The zero-order chi connectivity index (χ0) is 50.1. The second kappa shape index (κ2) is 16.5. The van der Waals surface area contributed by atoms with Crippen LogP contribution >= 0.6 is 0 Å². The maximum atomic E-state index is 7.22. The smallest absolute Gasteiger partial charge is 0.159 e. The predicted molar refractivity (Wildman–Crippen MR) is 309 cm³/mol. The van der Waals surface area contributed by atoms with E-state index >= 15 is 0 Å². The van der Waals surface area contributed by atoms with E-state index in [-0.39, 0.29) is 22.7 Å². The highest BCUT2D eigenvalue weighted by Gasteiger charge is 2.31. The van der Waals surface area contributed by atoms with Crippen molar-refractivity contribution in [1.82, 2.24) is 0 Å². The molecule has 358 valence electrons. The van der Waals surface area contributed by atoms with Gasteiger partial charge in [0.1, 0.15) is 11.2 Å². The largest absolute Gasteiger partial charge is 0.454 e. The number of para-hydroxylation sites is 6. The molecule has 0 fully saturated rings. The number of hydrogen-bond donors (Lipinski definition) is 0. The molecule has 72 heavy (non-hydrogen) atoms. The van der Waals surface area contributed by atoms with Crippen LogP contribution < -0.4 is 9.80 Å². The monoisotopic (exact) mass is 940 g/mol. The molecule has 0 radical (unpaired) electrons. The fourth-order valence-corrected chi connectivity index (χ4v) is 11.9. The van der Waals surface area contributed by atoms with Crippen molar-refractivity contribution in [2.24, 2.45) is 0 Å². The Morgan fingerprint density at radius 2 is 0.722 bits per heavy atom. The molecule has 4 heteroatoms. The number of hydrogen-bond acceptors (Lipinski definition) is 4. The lowest BCUT2D eigenvalue weighted by Gasteiger charge is -2.32. The van der Waals surface area contributed by atoms with Crippen LogP contribution in [0, 0.1) is 13.8 Å². The molecular weight excluding hydrogens is 877 g/mol. The Balaban J connectivity index is 1.21. The first kappa shape index (κ1) is 45.6. The third kappa shape index (κ3) is 6.93. The molecule has 0 aliphatic carbocycles. The number of anilines is 6. The van der Waals surface area contributed by atoms with E-state index in [2.05, 4.69) is 251 Å². The highest BCUT2D eigenvalue weighted by Crippen LogP contribution is 2.54. The highest BCUT2D eigenvalue weighted by molar-refractivity contribution is 6.30. The van der Waals surface area contributed by atoms with E-state index in [0.717, 1.165) is 78.0 Å². The Kier molecular flexibility index (Phi) is 10.4. The summed E-state index contributed by atoms with van der Waals surface area (Å²) in [6.45, 7) is 27.4. The zero-order valence-electron chi connectivity index (χ0n) is 43.9. The summed E-state index contributed by atoms with van der Waals surface area (Å²) in [4.78, 5) is 4.98. The summed E-state index contributed by atoms with van der Waals surface area (Å²) in [6.07, 6.45) is 0. The van der Waals surface area contributed by atoms with Crippen LogP contribution in [-0.4, -0.2) is 0 Å². The van der Waals surface area contributed by atoms with Gasteiger partial charge in [-0.2, -0.15) is 0 Å². The molecule has 0 saturated carbocycles. The summed E-state index contributed by atoms with van der Waals surface area (Å²) in [5.41, 5.74) is 17.4. The summed E-state index contributed by atoms with van der Waals surface area (Å²) in [6, 6.07) is 58.7. The zero-order valence-corrected chi connectivity index (χ0v) is 43.9. The van der Waals surface area contributed by atoms with E-state index in [9.17, 15) is 0 Å². The van der Waals surface area contributed by atoms with Gasteiger partial charge in [-0.1, -0.05) is 184 Å². The molecule has 12 aromatic rings. The summed E-state index contributed by atoms with van der Waals surface area (Å²) in [5.74, 6) is 0.481. The van der Waals surface area contributed by atoms with Gasteiger partial charge in [0.2, 0.25) is 0 Å². The highest BCUT2D eigenvalue weighted by atomic mass is 16.3. The van der Waals surface area contributed by atoms with Gasteiger partial charge in [0.15, 0.2) is 11.2 Å². The van der Waals surface area contributed by atoms with E-state index < -0.39 is 0 Å². The van der Waals surface area contributed by atoms with Gasteiger partial charge in [-0.3, -0.25) is 0 Å². The fourth-order valence-electron chi connectivity index (χ4n) is 11.9. The second-order valence-electron chi connectivity index (χ2n) is 23.0. The van der Waals surface area contributed by atoms with Crippen molar-refractivity contribution in [3.05, 3.63) is 191 Å². The van der Waals surface area contributed by atoms with Crippen LogP contribution in [0.5, 0.6) is 0 Å². The molecule has 2 aromatic heterocycles. The maximum absolute atomic E-state index is 7.22. The van der Waals surface area contributed by atoms with Crippen LogP contribution in [0.1, 0.15) is 114 Å². The molecule has 0 spiro atoms. The van der Waals surface area contributed by atoms with Gasteiger partial charge >= 0.3 is 0 Å². The summed E-state index contributed by atoms with van der Waals surface area (Å²) < 4.78 is 14.4. The lowest BCUT2D eigenvalue weighted by atomic mass is 9.83. The number of benzene rings is 10. The number of rotatable bonds is 8. The van der Waals surface area contributed by atoms with Gasteiger partial charge in [-0.05, 0) is 123 Å². The topological polar surface area (TPSA) is 32.8 Å². The number of nitrogens with zero attached hydrogens (tertiary/aromatic N) is 2. The average Bonchev–Trinajstić information content (AvgIpc) is 3.94. The Hall–Kier alpha value is -7.56. The summed E-state index contributed by atoms with van der Waals surface area (Å²) in [5, 5.41) is 12.1. The molecule has 0 bridgehead atoms. The second-order valence-corrected chi connectivity index (χ2v) is 23.0. The summed E-state index contributed by atoms with van der Waals surface area (Å²) >= 11 is 0. The van der Waals surface area contributed by atoms with Crippen molar-refractivity contribution in [2.45, 2.75) is 106 Å². The normalized spacial score (nSPS) is 12.7. The van der Waals surface area contributed by atoms with Crippen molar-refractivity contribution in [2.75, 3.05) is 9.80 Å².